The Morgan fingerprint density at radius 1 is 1.77 bits per heavy atom. The van der Waals surface area contributed by atoms with Gasteiger partial charge in [-0.05, 0) is 18.6 Å². The van der Waals surface area contributed by atoms with Gasteiger partial charge in [-0.3, -0.25) is 0 Å². The molecule has 1 aromatic heterocycles. The number of thioether (sulfide) groups is 1. The minimum atomic E-state index is 0.793. The quantitative estimate of drug-likeness (QED) is 0.801. The summed E-state index contributed by atoms with van der Waals surface area (Å²) in [4.78, 5) is 4.22. The van der Waals surface area contributed by atoms with E-state index in [1.54, 1.807) is 0 Å². The molecule has 1 aliphatic rings. The van der Waals surface area contributed by atoms with E-state index in [1.807, 2.05) is 19.4 Å². The summed E-state index contributed by atoms with van der Waals surface area (Å²) in [5.41, 5.74) is 0. The molecule has 1 aromatic rings. The van der Waals surface area contributed by atoms with Crippen LogP contribution in [-0.4, -0.2) is 27.6 Å². The van der Waals surface area contributed by atoms with Crippen LogP contribution in [0.4, 0.5) is 5.95 Å². The molecule has 1 fully saturated rings. The van der Waals surface area contributed by atoms with E-state index >= 15 is 0 Å². The molecule has 0 bridgehead atoms. The van der Waals surface area contributed by atoms with Crippen LogP contribution in [0.2, 0.25) is 0 Å². The molecular formula is C9H15N3S. The molecule has 0 aromatic carbocycles. The fraction of sp³-hybridized carbons (Fsp3) is 0.667. The number of aromatic nitrogens is 2. The maximum atomic E-state index is 4.22. The van der Waals surface area contributed by atoms with Gasteiger partial charge in [0.05, 0.1) is 0 Å². The first-order valence-corrected chi connectivity index (χ1v) is 5.75. The Bertz CT molecular complexity index is 266. The number of hydrogen-bond donors (Lipinski definition) is 1. The normalized spacial score (nSPS) is 22.1. The van der Waals surface area contributed by atoms with Gasteiger partial charge >= 0.3 is 0 Å². The van der Waals surface area contributed by atoms with Crippen molar-refractivity contribution >= 4 is 17.7 Å². The number of hydrogen-bond acceptors (Lipinski definition) is 3. The van der Waals surface area contributed by atoms with Crippen LogP contribution in [0, 0.1) is 0 Å². The zero-order valence-corrected chi connectivity index (χ0v) is 8.68. The molecule has 2 rings (SSSR count). The number of rotatable bonds is 3. The Morgan fingerprint density at radius 2 is 2.69 bits per heavy atom. The lowest BCUT2D eigenvalue weighted by Gasteiger charge is -2.11. The summed E-state index contributed by atoms with van der Waals surface area (Å²) >= 11 is 2.08. The summed E-state index contributed by atoms with van der Waals surface area (Å²) in [5, 5.41) is 3.88. The van der Waals surface area contributed by atoms with E-state index in [4.69, 9.17) is 0 Å². The maximum Gasteiger partial charge on any atom is 0.202 e. The van der Waals surface area contributed by atoms with Crippen molar-refractivity contribution in [2.24, 2.45) is 0 Å². The Labute approximate surface area is 82.9 Å². The van der Waals surface area contributed by atoms with Gasteiger partial charge in [0.15, 0.2) is 0 Å². The van der Waals surface area contributed by atoms with E-state index in [-0.39, 0.29) is 0 Å². The molecule has 13 heavy (non-hydrogen) atoms. The van der Waals surface area contributed by atoms with Gasteiger partial charge in [-0.15, -0.1) is 0 Å². The smallest absolute Gasteiger partial charge is 0.202 e. The van der Waals surface area contributed by atoms with E-state index in [0.29, 0.717) is 0 Å². The van der Waals surface area contributed by atoms with Crippen LogP contribution < -0.4 is 5.32 Å². The van der Waals surface area contributed by atoms with Crippen molar-refractivity contribution in [1.82, 2.24) is 9.55 Å². The van der Waals surface area contributed by atoms with Gasteiger partial charge in [-0.2, -0.15) is 11.8 Å². The van der Waals surface area contributed by atoms with Crippen molar-refractivity contribution in [2.45, 2.75) is 24.6 Å². The standard InChI is InChI=1S/C9H15N3S/c1-10-9-11-4-5-12(9)7-8-3-2-6-13-8/h4-5,8H,2-3,6-7H2,1H3,(H,10,11). The zero-order chi connectivity index (χ0) is 9.10. The highest BCUT2D eigenvalue weighted by Crippen LogP contribution is 2.27. The number of anilines is 1. The van der Waals surface area contributed by atoms with Gasteiger partial charge in [0, 0.05) is 31.2 Å². The summed E-state index contributed by atoms with van der Waals surface area (Å²) in [7, 11) is 1.92. The number of nitrogens with one attached hydrogen (secondary N) is 1. The van der Waals surface area contributed by atoms with Gasteiger partial charge in [0.2, 0.25) is 5.95 Å². The second-order valence-corrected chi connectivity index (χ2v) is 4.70. The molecule has 72 valence electrons. The van der Waals surface area contributed by atoms with Crippen molar-refractivity contribution in [1.29, 1.82) is 0 Å². The average molecular weight is 197 g/mol. The molecule has 4 heteroatoms. The third-order valence-corrected chi connectivity index (χ3v) is 3.74. The lowest BCUT2D eigenvalue weighted by molar-refractivity contribution is 0.643. The summed E-state index contributed by atoms with van der Waals surface area (Å²) in [6.07, 6.45) is 6.63. The average Bonchev–Trinajstić information content (AvgIpc) is 2.76. The molecule has 0 radical (unpaired) electrons. The lowest BCUT2D eigenvalue weighted by Crippen LogP contribution is -2.11. The second kappa shape index (κ2) is 4.05. The summed E-state index contributed by atoms with van der Waals surface area (Å²) in [5.74, 6) is 2.31. The minimum Gasteiger partial charge on any atom is -0.359 e. The SMILES string of the molecule is CNc1nccn1CC1CCCS1. The molecule has 0 amide bonds. The third-order valence-electron chi connectivity index (χ3n) is 2.36. The van der Waals surface area contributed by atoms with Gasteiger partial charge < -0.3 is 9.88 Å². The lowest BCUT2D eigenvalue weighted by atomic mass is 10.2. The van der Waals surface area contributed by atoms with Crippen LogP contribution >= 0.6 is 11.8 Å². The number of nitrogens with zero attached hydrogens (tertiary/aromatic N) is 2. The highest BCUT2D eigenvalue weighted by atomic mass is 32.2. The van der Waals surface area contributed by atoms with E-state index in [9.17, 15) is 0 Å². The Hall–Kier alpha value is -0.640. The van der Waals surface area contributed by atoms with Crippen molar-refractivity contribution in [3.63, 3.8) is 0 Å². The molecule has 3 nitrogen and oxygen atoms in total. The van der Waals surface area contributed by atoms with Gasteiger partial charge in [0.1, 0.15) is 0 Å². The largest absolute Gasteiger partial charge is 0.359 e. The Balaban J connectivity index is 1.99. The molecule has 1 N–H and O–H groups in total. The first-order chi connectivity index (χ1) is 6.40. The van der Waals surface area contributed by atoms with Crippen LogP contribution in [-0.2, 0) is 6.54 Å². The van der Waals surface area contributed by atoms with Gasteiger partial charge in [-0.25, -0.2) is 4.98 Å². The molecule has 1 aliphatic heterocycles. The third kappa shape index (κ3) is 1.99. The molecule has 2 heterocycles. The molecule has 1 atom stereocenters. The summed E-state index contributed by atoms with van der Waals surface area (Å²) in [6, 6.07) is 0. The Morgan fingerprint density at radius 3 is 3.38 bits per heavy atom. The van der Waals surface area contributed by atoms with Crippen molar-refractivity contribution < 1.29 is 0 Å². The molecular weight excluding hydrogens is 182 g/mol. The fourth-order valence-corrected chi connectivity index (χ4v) is 2.96. The van der Waals surface area contributed by atoms with Crippen LogP contribution in [0.3, 0.4) is 0 Å². The monoisotopic (exact) mass is 197 g/mol. The highest BCUT2D eigenvalue weighted by Gasteiger charge is 2.16. The topological polar surface area (TPSA) is 29.9 Å². The zero-order valence-electron chi connectivity index (χ0n) is 7.86. The van der Waals surface area contributed by atoms with Crippen molar-refractivity contribution in [2.75, 3.05) is 18.1 Å². The predicted octanol–water partition coefficient (Wildman–Crippen LogP) is 1.82. The Kier molecular flexibility index (Phi) is 2.78. The molecule has 1 saturated heterocycles. The van der Waals surface area contributed by atoms with E-state index in [2.05, 4.69) is 26.6 Å². The van der Waals surface area contributed by atoms with E-state index in [1.165, 1.54) is 18.6 Å². The first-order valence-electron chi connectivity index (χ1n) is 4.70. The van der Waals surface area contributed by atoms with Crippen LogP contribution in [0.15, 0.2) is 12.4 Å². The highest BCUT2D eigenvalue weighted by molar-refractivity contribution is 8.00. The predicted molar refractivity (Wildman–Crippen MR) is 57.3 cm³/mol. The minimum absolute atomic E-state index is 0.793. The van der Waals surface area contributed by atoms with E-state index < -0.39 is 0 Å². The molecule has 1 unspecified atom stereocenters. The molecule has 0 saturated carbocycles. The van der Waals surface area contributed by atoms with Crippen molar-refractivity contribution in [3.05, 3.63) is 12.4 Å². The van der Waals surface area contributed by atoms with E-state index in [0.717, 1.165) is 17.7 Å². The van der Waals surface area contributed by atoms with Crippen LogP contribution in [0.25, 0.3) is 0 Å². The summed E-state index contributed by atoms with van der Waals surface area (Å²) in [6.45, 7) is 1.10. The van der Waals surface area contributed by atoms with Crippen molar-refractivity contribution in [3.8, 4) is 0 Å². The second-order valence-electron chi connectivity index (χ2n) is 3.29. The van der Waals surface area contributed by atoms with Crippen LogP contribution in [0.5, 0.6) is 0 Å². The first kappa shape index (κ1) is 8.94. The maximum absolute atomic E-state index is 4.22. The van der Waals surface area contributed by atoms with Gasteiger partial charge in [0.25, 0.3) is 0 Å². The number of imidazole rings is 1. The molecule has 0 spiro atoms. The fourth-order valence-electron chi connectivity index (χ4n) is 1.69. The summed E-state index contributed by atoms with van der Waals surface area (Å²) < 4.78 is 2.20. The molecule has 0 aliphatic carbocycles. The van der Waals surface area contributed by atoms with Gasteiger partial charge in [-0.1, -0.05) is 0 Å². The van der Waals surface area contributed by atoms with Crippen LogP contribution in [0.1, 0.15) is 12.8 Å².